The maximum absolute atomic E-state index is 10.7. The highest BCUT2D eigenvalue weighted by molar-refractivity contribution is 7.05. The van der Waals surface area contributed by atoms with Gasteiger partial charge in [0.15, 0.2) is 0 Å². The van der Waals surface area contributed by atoms with E-state index >= 15 is 0 Å². The van der Waals surface area contributed by atoms with E-state index in [1.54, 1.807) is 6.92 Å². The number of aromatic nitrogens is 2. The molecule has 0 aliphatic heterocycles. The second kappa shape index (κ2) is 3.62. The summed E-state index contributed by atoms with van der Waals surface area (Å²) in [5, 5.41) is 9.37. The minimum Gasteiger partial charge on any atom is -0.481 e. The Labute approximate surface area is 74.4 Å². The quantitative estimate of drug-likeness (QED) is 0.775. The minimum atomic E-state index is -0.825. The third kappa shape index (κ3) is 1.79. The van der Waals surface area contributed by atoms with Gasteiger partial charge in [-0.15, -0.1) is 0 Å². The standard InChI is InChI=1S/C7H10N2O2S/c1-3-5(7(10)11)6-8-4(2)9-12-6/h5H,3H2,1-2H3,(H,10,11). The average Bonchev–Trinajstić information content (AvgIpc) is 2.37. The van der Waals surface area contributed by atoms with Crippen LogP contribution in [0, 0.1) is 6.92 Å². The Kier molecular flexibility index (Phi) is 2.75. The first-order valence-electron chi connectivity index (χ1n) is 3.68. The van der Waals surface area contributed by atoms with Crippen LogP contribution < -0.4 is 0 Å². The molecule has 4 nitrogen and oxygen atoms in total. The largest absolute Gasteiger partial charge is 0.481 e. The molecular weight excluding hydrogens is 176 g/mol. The molecule has 0 spiro atoms. The number of nitrogens with zero attached hydrogens (tertiary/aromatic N) is 2. The van der Waals surface area contributed by atoms with Crippen LogP contribution >= 0.6 is 11.5 Å². The van der Waals surface area contributed by atoms with Gasteiger partial charge in [-0.2, -0.15) is 4.37 Å². The molecule has 0 saturated carbocycles. The van der Waals surface area contributed by atoms with Crippen molar-refractivity contribution in [1.82, 2.24) is 9.36 Å². The summed E-state index contributed by atoms with van der Waals surface area (Å²) in [4.78, 5) is 14.7. The fourth-order valence-electron chi connectivity index (χ4n) is 0.910. The fraction of sp³-hybridized carbons (Fsp3) is 0.571. The Morgan fingerprint density at radius 3 is 2.75 bits per heavy atom. The average molecular weight is 186 g/mol. The van der Waals surface area contributed by atoms with Crippen molar-refractivity contribution in [1.29, 1.82) is 0 Å². The summed E-state index contributed by atoms with van der Waals surface area (Å²) in [7, 11) is 0. The van der Waals surface area contributed by atoms with Crippen molar-refractivity contribution in [2.24, 2.45) is 0 Å². The van der Waals surface area contributed by atoms with Crippen LogP contribution in [0.1, 0.15) is 30.1 Å². The maximum Gasteiger partial charge on any atom is 0.313 e. The van der Waals surface area contributed by atoms with Gasteiger partial charge in [-0.05, 0) is 24.9 Å². The van der Waals surface area contributed by atoms with Crippen LogP contribution in [0.2, 0.25) is 0 Å². The molecule has 0 aromatic carbocycles. The van der Waals surface area contributed by atoms with Crippen molar-refractivity contribution in [2.75, 3.05) is 0 Å². The van der Waals surface area contributed by atoms with Crippen LogP contribution in [0.25, 0.3) is 0 Å². The topological polar surface area (TPSA) is 63.1 Å². The first-order valence-corrected chi connectivity index (χ1v) is 4.45. The molecule has 1 unspecified atom stereocenters. The first-order chi connectivity index (χ1) is 5.65. The smallest absolute Gasteiger partial charge is 0.313 e. The van der Waals surface area contributed by atoms with Gasteiger partial charge in [-0.25, -0.2) is 4.98 Å². The number of aryl methyl sites for hydroxylation is 1. The monoisotopic (exact) mass is 186 g/mol. The van der Waals surface area contributed by atoms with Crippen molar-refractivity contribution >= 4 is 17.5 Å². The molecular formula is C7H10N2O2S. The molecule has 0 aliphatic rings. The number of hydrogen-bond acceptors (Lipinski definition) is 4. The number of carboxylic acid groups (broad SMARTS) is 1. The van der Waals surface area contributed by atoms with E-state index in [0.29, 0.717) is 17.3 Å². The summed E-state index contributed by atoms with van der Waals surface area (Å²) >= 11 is 1.17. The van der Waals surface area contributed by atoms with Gasteiger partial charge >= 0.3 is 5.97 Å². The predicted molar refractivity (Wildman–Crippen MR) is 45.3 cm³/mol. The lowest BCUT2D eigenvalue weighted by Gasteiger charge is -2.02. The van der Waals surface area contributed by atoms with Gasteiger partial charge in [0.25, 0.3) is 0 Å². The van der Waals surface area contributed by atoms with E-state index in [1.807, 2.05) is 6.92 Å². The zero-order valence-electron chi connectivity index (χ0n) is 6.94. The van der Waals surface area contributed by atoms with Gasteiger partial charge in [0.2, 0.25) is 0 Å². The van der Waals surface area contributed by atoms with Crippen LogP contribution in [0.4, 0.5) is 0 Å². The summed E-state index contributed by atoms with van der Waals surface area (Å²) in [6.45, 7) is 3.59. The Morgan fingerprint density at radius 2 is 2.42 bits per heavy atom. The number of rotatable bonds is 3. The molecule has 1 atom stereocenters. The van der Waals surface area contributed by atoms with Crippen LogP contribution in [0.3, 0.4) is 0 Å². The molecule has 0 amide bonds. The first kappa shape index (κ1) is 9.12. The molecule has 0 fully saturated rings. The highest BCUT2D eigenvalue weighted by atomic mass is 32.1. The van der Waals surface area contributed by atoms with Crippen LogP contribution in [0.15, 0.2) is 0 Å². The molecule has 1 aromatic rings. The van der Waals surface area contributed by atoms with Gasteiger partial charge in [0.05, 0.1) is 0 Å². The highest BCUT2D eigenvalue weighted by Crippen LogP contribution is 2.20. The lowest BCUT2D eigenvalue weighted by molar-refractivity contribution is -0.138. The number of aliphatic carboxylic acids is 1. The van der Waals surface area contributed by atoms with Gasteiger partial charge in [0.1, 0.15) is 16.7 Å². The van der Waals surface area contributed by atoms with Crippen molar-refractivity contribution in [2.45, 2.75) is 26.2 Å². The Balaban J connectivity index is 2.87. The van der Waals surface area contributed by atoms with E-state index in [0.717, 1.165) is 0 Å². The second-order valence-corrected chi connectivity index (χ2v) is 3.26. The SMILES string of the molecule is CCC(C(=O)O)c1nc(C)ns1. The molecule has 5 heteroatoms. The lowest BCUT2D eigenvalue weighted by atomic mass is 10.1. The number of carbonyl (C=O) groups is 1. The second-order valence-electron chi connectivity index (χ2n) is 2.48. The van der Waals surface area contributed by atoms with Crippen molar-refractivity contribution in [3.05, 3.63) is 10.8 Å². The van der Waals surface area contributed by atoms with Gasteiger partial charge in [-0.1, -0.05) is 6.92 Å². The molecule has 1 aromatic heterocycles. The van der Waals surface area contributed by atoms with Gasteiger partial charge in [0, 0.05) is 0 Å². The number of hydrogen-bond donors (Lipinski definition) is 1. The van der Waals surface area contributed by atoms with E-state index in [2.05, 4.69) is 9.36 Å². The third-order valence-electron chi connectivity index (χ3n) is 1.55. The van der Waals surface area contributed by atoms with Gasteiger partial charge < -0.3 is 5.11 Å². The Hall–Kier alpha value is -0.970. The summed E-state index contributed by atoms with van der Waals surface area (Å²) in [5.41, 5.74) is 0. The van der Waals surface area contributed by atoms with Crippen molar-refractivity contribution in [3.8, 4) is 0 Å². The van der Waals surface area contributed by atoms with Crippen LogP contribution in [-0.2, 0) is 4.79 Å². The van der Waals surface area contributed by atoms with Crippen molar-refractivity contribution < 1.29 is 9.90 Å². The molecule has 0 aliphatic carbocycles. The zero-order chi connectivity index (χ0) is 9.14. The molecule has 1 heterocycles. The molecule has 0 saturated heterocycles. The summed E-state index contributed by atoms with van der Waals surface area (Å²) in [6, 6.07) is 0. The molecule has 66 valence electrons. The maximum atomic E-state index is 10.7. The van der Waals surface area contributed by atoms with E-state index in [1.165, 1.54) is 11.5 Å². The highest BCUT2D eigenvalue weighted by Gasteiger charge is 2.21. The molecule has 1 rings (SSSR count). The van der Waals surface area contributed by atoms with E-state index in [-0.39, 0.29) is 0 Å². The Bertz CT molecular complexity index is 285. The molecule has 1 N–H and O–H groups in total. The van der Waals surface area contributed by atoms with E-state index < -0.39 is 11.9 Å². The van der Waals surface area contributed by atoms with Crippen LogP contribution in [-0.4, -0.2) is 20.4 Å². The summed E-state index contributed by atoms with van der Waals surface area (Å²) < 4.78 is 3.94. The lowest BCUT2D eigenvalue weighted by Crippen LogP contribution is -2.09. The fourth-order valence-corrected chi connectivity index (χ4v) is 1.74. The molecule has 0 radical (unpaired) electrons. The van der Waals surface area contributed by atoms with E-state index in [4.69, 9.17) is 5.11 Å². The molecule has 12 heavy (non-hydrogen) atoms. The zero-order valence-corrected chi connectivity index (χ0v) is 7.76. The van der Waals surface area contributed by atoms with Gasteiger partial charge in [-0.3, -0.25) is 4.79 Å². The minimum absolute atomic E-state index is 0.490. The van der Waals surface area contributed by atoms with Crippen molar-refractivity contribution in [3.63, 3.8) is 0 Å². The summed E-state index contributed by atoms with van der Waals surface area (Å²) in [5.74, 6) is -0.667. The predicted octanol–water partition coefficient (Wildman–Crippen LogP) is 1.42. The normalized spacial score (nSPS) is 12.8. The molecule has 0 bridgehead atoms. The Morgan fingerprint density at radius 1 is 1.75 bits per heavy atom. The third-order valence-corrected chi connectivity index (χ3v) is 2.47. The van der Waals surface area contributed by atoms with E-state index in [9.17, 15) is 4.79 Å². The summed E-state index contributed by atoms with van der Waals surface area (Å²) in [6.07, 6.45) is 0.559. The number of carboxylic acids is 1. The van der Waals surface area contributed by atoms with Crippen LogP contribution in [0.5, 0.6) is 0 Å².